The van der Waals surface area contributed by atoms with E-state index in [9.17, 15) is 19.8 Å². The van der Waals surface area contributed by atoms with Gasteiger partial charge in [0.25, 0.3) is 0 Å². The van der Waals surface area contributed by atoms with Gasteiger partial charge in [-0.25, -0.2) is 0 Å². The average Bonchev–Trinajstić information content (AvgIpc) is 3.64. The number of carbonyl (C=O) groups is 2. The number of ether oxygens (including phenoxy) is 2. The molecule has 3 heterocycles. The Hall–Kier alpha value is -2.57. The quantitative estimate of drug-likeness (QED) is 0.277. The fraction of sp³-hybridized carbons (Fsp3) is 0.645. The molecule has 11 heteroatoms. The Morgan fingerprint density at radius 3 is 2.71 bits per heavy atom. The fourth-order valence-electron chi connectivity index (χ4n) is 6.09. The first kappa shape index (κ1) is 32.3. The topological polar surface area (TPSA) is 130 Å². The summed E-state index contributed by atoms with van der Waals surface area (Å²) in [6, 6.07) is 7.96. The molecule has 10 nitrogen and oxygen atoms in total. The van der Waals surface area contributed by atoms with E-state index in [1.165, 1.54) is 24.2 Å². The van der Waals surface area contributed by atoms with Gasteiger partial charge in [0.05, 0.1) is 37.2 Å². The van der Waals surface area contributed by atoms with Gasteiger partial charge in [-0.2, -0.15) is 0 Å². The zero-order valence-electron chi connectivity index (χ0n) is 25.0. The van der Waals surface area contributed by atoms with Gasteiger partial charge in [0.2, 0.25) is 5.91 Å². The Bertz CT molecular complexity index is 1170. The van der Waals surface area contributed by atoms with Crippen molar-refractivity contribution in [1.29, 1.82) is 0 Å². The van der Waals surface area contributed by atoms with Crippen molar-refractivity contribution in [2.24, 2.45) is 5.41 Å². The number of hydroxylamine groups is 2. The van der Waals surface area contributed by atoms with Gasteiger partial charge in [0, 0.05) is 42.4 Å². The van der Waals surface area contributed by atoms with Crippen LogP contribution < -0.4 is 10.1 Å². The number of pyridine rings is 1. The van der Waals surface area contributed by atoms with Crippen LogP contribution in [0.4, 0.5) is 0 Å². The molecule has 1 aliphatic heterocycles. The van der Waals surface area contributed by atoms with Crippen molar-refractivity contribution in [2.45, 2.75) is 88.9 Å². The molecular formula is C31H45N3O7S. The number of thiophene rings is 1. The standard InChI is InChI=1S/C31H45N3O7S/c1-29(2,22-35)27(37)28(38)33-16-9-26(36)41-34(20-24-23(39-3)10-19-42-24)17-13-30(25-8-4-7-15-32-25)14-18-40-31(21-30)11-5-6-12-31/h4,7-8,10,15,19,27,35,37H,5-6,9,11-14,16-18,20-22H2,1-3H3,(H,33,38)/t27-,30+/m0/s1. The number of aromatic nitrogens is 1. The molecule has 0 aromatic carbocycles. The summed E-state index contributed by atoms with van der Waals surface area (Å²) in [6.45, 7) is 4.35. The van der Waals surface area contributed by atoms with E-state index in [-0.39, 0.29) is 30.6 Å². The lowest BCUT2D eigenvalue weighted by Crippen LogP contribution is -2.48. The van der Waals surface area contributed by atoms with E-state index in [4.69, 9.17) is 19.3 Å². The van der Waals surface area contributed by atoms with E-state index in [2.05, 4.69) is 11.4 Å². The molecule has 1 amide bonds. The Labute approximate surface area is 252 Å². The largest absolute Gasteiger partial charge is 0.496 e. The van der Waals surface area contributed by atoms with Gasteiger partial charge in [0.15, 0.2) is 0 Å². The SMILES string of the molecule is COc1ccsc1CN(CC[C@@]1(c2ccccn2)CCOC2(CCCC2)C1)OC(=O)CCNC(=O)[C@H](O)C(C)(C)CO. The summed E-state index contributed by atoms with van der Waals surface area (Å²) in [6.07, 6.45) is 7.30. The first-order valence-electron chi connectivity index (χ1n) is 14.8. The second-order valence-corrected chi connectivity index (χ2v) is 13.2. The van der Waals surface area contributed by atoms with Crippen molar-refractivity contribution in [3.05, 3.63) is 46.4 Å². The lowest BCUT2D eigenvalue weighted by Gasteiger charge is -2.47. The molecular weight excluding hydrogens is 558 g/mol. The molecule has 3 N–H and O–H groups in total. The molecule has 0 unspecified atom stereocenters. The van der Waals surface area contributed by atoms with Gasteiger partial charge in [-0.15, -0.1) is 16.4 Å². The number of hydrogen-bond donors (Lipinski definition) is 3. The lowest BCUT2D eigenvalue weighted by atomic mass is 9.68. The molecule has 1 saturated heterocycles. The molecule has 42 heavy (non-hydrogen) atoms. The maximum Gasteiger partial charge on any atom is 0.326 e. The van der Waals surface area contributed by atoms with Crippen LogP contribution in [0.15, 0.2) is 35.8 Å². The smallest absolute Gasteiger partial charge is 0.326 e. The number of amides is 1. The maximum atomic E-state index is 13.0. The maximum absolute atomic E-state index is 13.0. The number of aliphatic hydroxyl groups is 2. The highest BCUT2D eigenvalue weighted by Crippen LogP contribution is 2.49. The number of carbonyl (C=O) groups excluding carboxylic acids is 2. The van der Waals surface area contributed by atoms with Gasteiger partial charge < -0.3 is 29.8 Å². The van der Waals surface area contributed by atoms with Crippen molar-refractivity contribution in [3.8, 4) is 5.75 Å². The summed E-state index contributed by atoms with van der Waals surface area (Å²) in [5, 5.41) is 25.8. The second kappa shape index (κ2) is 14.3. The predicted octanol–water partition coefficient (Wildman–Crippen LogP) is 3.75. The van der Waals surface area contributed by atoms with Crippen molar-refractivity contribution in [1.82, 2.24) is 15.4 Å². The van der Waals surface area contributed by atoms with Crippen LogP contribution in [-0.4, -0.2) is 77.3 Å². The molecule has 232 valence electrons. The van der Waals surface area contributed by atoms with Crippen molar-refractivity contribution in [2.75, 3.05) is 33.4 Å². The summed E-state index contributed by atoms with van der Waals surface area (Å²) in [5.41, 5.74) is -0.280. The monoisotopic (exact) mass is 603 g/mol. The third-order valence-electron chi connectivity index (χ3n) is 8.71. The summed E-state index contributed by atoms with van der Waals surface area (Å²) in [4.78, 5) is 36.9. The van der Waals surface area contributed by atoms with Crippen molar-refractivity contribution >= 4 is 23.2 Å². The van der Waals surface area contributed by atoms with E-state index in [1.807, 2.05) is 29.8 Å². The van der Waals surface area contributed by atoms with Crippen LogP contribution in [0.1, 0.15) is 75.8 Å². The molecule has 1 aliphatic carbocycles. The molecule has 2 aliphatic rings. The van der Waals surface area contributed by atoms with Gasteiger partial charge in [0.1, 0.15) is 11.9 Å². The van der Waals surface area contributed by atoms with E-state index >= 15 is 0 Å². The molecule has 2 fully saturated rings. The van der Waals surface area contributed by atoms with Gasteiger partial charge in [-0.05, 0) is 55.7 Å². The van der Waals surface area contributed by atoms with Crippen molar-refractivity contribution < 1.29 is 34.1 Å². The number of rotatable bonds is 14. The summed E-state index contributed by atoms with van der Waals surface area (Å²) >= 11 is 1.54. The molecule has 2 aromatic rings. The highest BCUT2D eigenvalue weighted by atomic mass is 32.1. The van der Waals surface area contributed by atoms with Crippen LogP contribution in [0, 0.1) is 5.41 Å². The molecule has 2 aromatic heterocycles. The minimum Gasteiger partial charge on any atom is -0.496 e. The zero-order chi connectivity index (χ0) is 30.2. The van der Waals surface area contributed by atoms with Crippen LogP contribution in [-0.2, 0) is 31.1 Å². The predicted molar refractivity (Wildman–Crippen MR) is 159 cm³/mol. The van der Waals surface area contributed by atoms with Crippen LogP contribution >= 0.6 is 11.3 Å². The summed E-state index contributed by atoms with van der Waals surface area (Å²) < 4.78 is 11.9. The Balaban J connectivity index is 1.45. The van der Waals surface area contributed by atoms with Crippen molar-refractivity contribution in [3.63, 3.8) is 0 Å². The molecule has 4 rings (SSSR count). The van der Waals surface area contributed by atoms with Gasteiger partial charge in [-0.1, -0.05) is 32.8 Å². The molecule has 0 bridgehead atoms. The number of nitrogens with zero attached hydrogens (tertiary/aromatic N) is 2. The van der Waals surface area contributed by atoms with E-state index in [0.717, 1.165) is 48.4 Å². The molecule has 0 radical (unpaired) electrons. The van der Waals surface area contributed by atoms with Gasteiger partial charge in [-0.3, -0.25) is 14.6 Å². The minimum absolute atomic E-state index is 0.00410. The number of nitrogens with one attached hydrogen (secondary N) is 1. The Morgan fingerprint density at radius 2 is 2.02 bits per heavy atom. The van der Waals surface area contributed by atoms with E-state index < -0.39 is 23.4 Å². The molecule has 2 atom stereocenters. The highest BCUT2D eigenvalue weighted by molar-refractivity contribution is 7.10. The normalized spacial score (nSPS) is 20.9. The van der Waals surface area contributed by atoms with Gasteiger partial charge >= 0.3 is 5.97 Å². The number of hydrogen-bond acceptors (Lipinski definition) is 10. The number of methoxy groups -OCH3 is 1. The molecule has 1 saturated carbocycles. The minimum atomic E-state index is -1.40. The zero-order valence-corrected chi connectivity index (χ0v) is 25.8. The summed E-state index contributed by atoms with van der Waals surface area (Å²) in [5.74, 6) is -0.392. The first-order valence-corrected chi connectivity index (χ1v) is 15.7. The van der Waals surface area contributed by atoms with E-state index in [0.29, 0.717) is 19.7 Å². The lowest BCUT2D eigenvalue weighted by molar-refractivity contribution is -0.196. The molecule has 1 spiro atoms. The van der Waals surface area contributed by atoms with Crippen LogP contribution in [0.2, 0.25) is 0 Å². The Kier molecular flexibility index (Phi) is 11.0. The third kappa shape index (κ3) is 7.87. The second-order valence-electron chi connectivity index (χ2n) is 12.2. The first-order chi connectivity index (χ1) is 20.1. The third-order valence-corrected chi connectivity index (χ3v) is 9.60. The Morgan fingerprint density at radius 1 is 1.24 bits per heavy atom. The highest BCUT2D eigenvalue weighted by Gasteiger charge is 2.48. The van der Waals surface area contributed by atoms with Crippen LogP contribution in [0.25, 0.3) is 0 Å². The average molecular weight is 604 g/mol. The van der Waals surface area contributed by atoms with Crippen LogP contribution in [0.5, 0.6) is 5.75 Å². The fourth-order valence-corrected chi connectivity index (χ4v) is 6.94. The number of aliphatic hydroxyl groups excluding tert-OH is 2. The van der Waals surface area contributed by atoms with E-state index in [1.54, 1.807) is 26.0 Å². The van der Waals surface area contributed by atoms with Crippen LogP contribution in [0.3, 0.4) is 0 Å². The summed E-state index contributed by atoms with van der Waals surface area (Å²) in [7, 11) is 1.62.